The van der Waals surface area contributed by atoms with Crippen molar-refractivity contribution in [2.45, 2.75) is 39.5 Å². The van der Waals surface area contributed by atoms with Gasteiger partial charge >= 0.3 is 0 Å². The molecule has 0 saturated carbocycles. The molecular weight excluding hydrogens is 369 g/mol. The molecule has 0 spiro atoms. The Hall–Kier alpha value is -0.300. The van der Waals surface area contributed by atoms with Gasteiger partial charge in [-0.05, 0) is 30.2 Å². The fraction of sp³-hybridized carbons (Fsp3) is 0.643. The van der Waals surface area contributed by atoms with Gasteiger partial charge in [0.05, 0.1) is 0 Å². The van der Waals surface area contributed by atoms with E-state index in [1.807, 2.05) is 0 Å². The van der Waals surface area contributed by atoms with Crippen LogP contribution < -0.4 is 11.1 Å². The van der Waals surface area contributed by atoms with Crippen LogP contribution in [0.4, 0.5) is 0 Å². The van der Waals surface area contributed by atoms with Crippen LogP contribution in [-0.2, 0) is 6.42 Å². The minimum absolute atomic E-state index is 0. The predicted molar refractivity (Wildman–Crippen MR) is 96.6 cm³/mol. The zero-order chi connectivity index (χ0) is 13.2. The van der Waals surface area contributed by atoms with Crippen molar-refractivity contribution < 1.29 is 0 Å². The molecule has 1 aromatic rings. The molecule has 3 nitrogen and oxygen atoms in total. The van der Waals surface area contributed by atoms with Crippen LogP contribution >= 0.6 is 35.3 Å². The maximum atomic E-state index is 5.80. The summed E-state index contributed by atoms with van der Waals surface area (Å²) in [6.07, 6.45) is 4.66. The lowest BCUT2D eigenvalue weighted by Gasteiger charge is -2.05. The van der Waals surface area contributed by atoms with Crippen molar-refractivity contribution >= 4 is 41.3 Å². The van der Waals surface area contributed by atoms with Crippen LogP contribution in [0.3, 0.4) is 0 Å². The van der Waals surface area contributed by atoms with Crippen LogP contribution in [0.1, 0.15) is 38.0 Å². The molecule has 0 fully saturated rings. The molecule has 110 valence electrons. The molecule has 0 bridgehead atoms. The Morgan fingerprint density at radius 3 is 2.84 bits per heavy atom. The lowest BCUT2D eigenvalue weighted by molar-refractivity contribution is 0.541. The molecule has 0 radical (unpaired) electrons. The van der Waals surface area contributed by atoms with Gasteiger partial charge < -0.3 is 11.1 Å². The van der Waals surface area contributed by atoms with Crippen molar-refractivity contribution in [2.75, 3.05) is 13.1 Å². The van der Waals surface area contributed by atoms with Crippen molar-refractivity contribution in [3.8, 4) is 0 Å². The second-order valence-electron chi connectivity index (χ2n) is 4.91. The Morgan fingerprint density at radius 2 is 2.21 bits per heavy atom. The van der Waals surface area contributed by atoms with Gasteiger partial charge in [0.15, 0.2) is 5.96 Å². The van der Waals surface area contributed by atoms with Gasteiger partial charge in [-0.15, -0.1) is 35.3 Å². The molecule has 0 atom stereocenters. The predicted octanol–water partition coefficient (Wildman–Crippen LogP) is 3.64. The first-order valence-corrected chi connectivity index (χ1v) is 7.62. The summed E-state index contributed by atoms with van der Waals surface area (Å²) in [5.41, 5.74) is 5.80. The minimum Gasteiger partial charge on any atom is -0.370 e. The second-order valence-corrected chi connectivity index (χ2v) is 5.94. The third kappa shape index (κ3) is 10.2. The van der Waals surface area contributed by atoms with Gasteiger partial charge in [0.2, 0.25) is 0 Å². The van der Waals surface area contributed by atoms with Gasteiger partial charge in [-0.2, -0.15) is 0 Å². The first-order valence-electron chi connectivity index (χ1n) is 6.74. The van der Waals surface area contributed by atoms with Gasteiger partial charge in [0, 0.05) is 18.0 Å². The van der Waals surface area contributed by atoms with E-state index in [0.29, 0.717) is 5.96 Å². The quantitative estimate of drug-likeness (QED) is 0.306. The summed E-state index contributed by atoms with van der Waals surface area (Å²) in [7, 11) is 0. The molecule has 0 amide bonds. The van der Waals surface area contributed by atoms with Crippen LogP contribution in [0.25, 0.3) is 0 Å². The molecule has 0 saturated heterocycles. The maximum absolute atomic E-state index is 5.80. The highest BCUT2D eigenvalue weighted by Crippen LogP contribution is 2.08. The zero-order valence-electron chi connectivity index (χ0n) is 11.9. The third-order valence-corrected chi connectivity index (χ3v) is 3.67. The highest BCUT2D eigenvalue weighted by atomic mass is 127. The number of nitrogens with one attached hydrogen (secondary N) is 1. The Bertz CT molecular complexity index is 336. The molecule has 1 heterocycles. The second kappa shape index (κ2) is 11.5. The topological polar surface area (TPSA) is 50.4 Å². The summed E-state index contributed by atoms with van der Waals surface area (Å²) < 4.78 is 0. The highest BCUT2D eigenvalue weighted by molar-refractivity contribution is 14.0. The molecule has 3 N–H and O–H groups in total. The van der Waals surface area contributed by atoms with E-state index in [1.54, 1.807) is 11.3 Å². The number of halogens is 1. The van der Waals surface area contributed by atoms with Crippen molar-refractivity contribution in [3.63, 3.8) is 0 Å². The molecule has 5 heteroatoms. The molecule has 0 unspecified atom stereocenters. The normalized spacial score (nSPS) is 11.4. The fourth-order valence-electron chi connectivity index (χ4n) is 1.69. The van der Waals surface area contributed by atoms with Crippen molar-refractivity contribution in [2.24, 2.45) is 16.6 Å². The van der Waals surface area contributed by atoms with Gasteiger partial charge in [-0.3, -0.25) is 4.99 Å². The van der Waals surface area contributed by atoms with Gasteiger partial charge in [0.25, 0.3) is 0 Å². The van der Waals surface area contributed by atoms with Crippen molar-refractivity contribution in [3.05, 3.63) is 22.4 Å². The minimum atomic E-state index is 0. The summed E-state index contributed by atoms with van der Waals surface area (Å²) in [6.45, 7) is 6.21. The number of unbranched alkanes of at least 4 members (excludes halogenated alkanes) is 1. The maximum Gasteiger partial charge on any atom is 0.188 e. The van der Waals surface area contributed by atoms with Crippen LogP contribution in [0.15, 0.2) is 22.5 Å². The molecule has 0 aliphatic heterocycles. The largest absolute Gasteiger partial charge is 0.370 e. The summed E-state index contributed by atoms with van der Waals surface area (Å²) in [5, 5.41) is 5.25. The van der Waals surface area contributed by atoms with Crippen LogP contribution in [0, 0.1) is 5.92 Å². The number of hydrogen-bond donors (Lipinski definition) is 2. The van der Waals surface area contributed by atoms with E-state index >= 15 is 0 Å². The van der Waals surface area contributed by atoms with Crippen molar-refractivity contribution in [1.82, 2.24) is 5.32 Å². The Labute approximate surface area is 138 Å². The Balaban J connectivity index is 0.00000324. The van der Waals surface area contributed by atoms with E-state index in [-0.39, 0.29) is 24.0 Å². The Morgan fingerprint density at radius 1 is 1.42 bits per heavy atom. The number of hydrogen-bond acceptors (Lipinski definition) is 2. The number of guanidine groups is 1. The average Bonchev–Trinajstić information content (AvgIpc) is 2.81. The molecule has 1 rings (SSSR count). The zero-order valence-corrected chi connectivity index (χ0v) is 15.0. The molecule has 0 aromatic carbocycles. The first kappa shape index (κ1) is 18.7. The number of thiophene rings is 1. The highest BCUT2D eigenvalue weighted by Gasteiger charge is 1.96. The van der Waals surface area contributed by atoms with Gasteiger partial charge in [-0.1, -0.05) is 32.8 Å². The first-order chi connectivity index (χ1) is 8.68. The fourth-order valence-corrected chi connectivity index (χ4v) is 2.40. The summed E-state index contributed by atoms with van der Waals surface area (Å²) >= 11 is 1.78. The average molecular weight is 395 g/mol. The molecule has 0 aliphatic carbocycles. The Kier molecular flexibility index (Phi) is 11.3. The van der Waals surface area contributed by atoms with Gasteiger partial charge in [0.1, 0.15) is 0 Å². The number of nitrogens with two attached hydrogens (primary N) is 1. The molecular formula is C14H26IN3S. The lowest BCUT2D eigenvalue weighted by Crippen LogP contribution is -2.33. The van der Waals surface area contributed by atoms with E-state index in [0.717, 1.165) is 31.8 Å². The summed E-state index contributed by atoms with van der Waals surface area (Å²) in [6, 6.07) is 4.22. The molecule has 19 heavy (non-hydrogen) atoms. The summed E-state index contributed by atoms with van der Waals surface area (Å²) in [4.78, 5) is 5.71. The standard InChI is InChI=1S/C14H25N3S.HI/c1-12(2)6-3-4-9-16-14(15)17-10-8-13-7-5-11-18-13;/h5,7,11-12H,3-4,6,8-10H2,1-2H3,(H3,15,16,17);1H. The van der Waals surface area contributed by atoms with E-state index in [4.69, 9.17) is 5.73 Å². The number of rotatable bonds is 8. The number of aliphatic imine (C=N–C) groups is 1. The van der Waals surface area contributed by atoms with E-state index in [1.165, 1.54) is 17.7 Å². The van der Waals surface area contributed by atoms with Crippen LogP contribution in [0.2, 0.25) is 0 Å². The van der Waals surface area contributed by atoms with Crippen LogP contribution in [-0.4, -0.2) is 19.0 Å². The third-order valence-electron chi connectivity index (χ3n) is 2.73. The van der Waals surface area contributed by atoms with Crippen molar-refractivity contribution in [1.29, 1.82) is 0 Å². The number of nitrogens with zero attached hydrogens (tertiary/aromatic N) is 1. The molecule has 0 aliphatic rings. The van der Waals surface area contributed by atoms with E-state index in [2.05, 4.69) is 41.7 Å². The smallest absolute Gasteiger partial charge is 0.188 e. The van der Waals surface area contributed by atoms with E-state index < -0.39 is 0 Å². The van der Waals surface area contributed by atoms with Gasteiger partial charge in [-0.25, -0.2) is 0 Å². The van der Waals surface area contributed by atoms with E-state index in [9.17, 15) is 0 Å². The summed E-state index contributed by atoms with van der Waals surface area (Å²) in [5.74, 6) is 1.37. The lowest BCUT2D eigenvalue weighted by atomic mass is 10.1. The SMILES string of the molecule is CC(C)CCCCN=C(N)NCCc1cccs1.I. The monoisotopic (exact) mass is 395 g/mol. The van der Waals surface area contributed by atoms with Crippen LogP contribution in [0.5, 0.6) is 0 Å². The molecule has 1 aromatic heterocycles.